The Morgan fingerprint density at radius 1 is 1.07 bits per heavy atom. The number of nitrogens with zero attached hydrogens (tertiary/aromatic N) is 2. The fraction of sp³-hybridized carbons (Fsp3) is 0.350. The van der Waals surface area contributed by atoms with E-state index in [9.17, 15) is 13.2 Å². The summed E-state index contributed by atoms with van der Waals surface area (Å²) in [5.74, 6) is 0.598. The van der Waals surface area contributed by atoms with E-state index in [1.165, 1.54) is 30.6 Å². The summed E-state index contributed by atoms with van der Waals surface area (Å²) in [7, 11) is -0.656. The van der Waals surface area contributed by atoms with Crippen LogP contribution in [0.4, 0.5) is 5.69 Å². The highest BCUT2D eigenvalue weighted by Gasteiger charge is 2.24. The van der Waals surface area contributed by atoms with Crippen molar-refractivity contribution in [3.05, 3.63) is 53.6 Å². The van der Waals surface area contributed by atoms with Crippen LogP contribution in [0.15, 0.2) is 47.4 Å². The predicted octanol–water partition coefficient (Wildman–Crippen LogP) is 3.06. The fourth-order valence-corrected chi connectivity index (χ4v) is 4.54. The molecule has 1 heterocycles. The Morgan fingerprint density at radius 2 is 1.70 bits per heavy atom. The lowest BCUT2D eigenvalue weighted by Gasteiger charge is -2.22. The van der Waals surface area contributed by atoms with Gasteiger partial charge in [-0.2, -0.15) is 0 Å². The van der Waals surface area contributed by atoms with Crippen molar-refractivity contribution in [3.8, 4) is 5.75 Å². The molecule has 6 nitrogen and oxygen atoms in total. The van der Waals surface area contributed by atoms with E-state index in [-0.39, 0.29) is 10.8 Å². The highest BCUT2D eigenvalue weighted by molar-refractivity contribution is 7.92. The molecule has 1 fully saturated rings. The molecular weight excluding hydrogens is 364 g/mol. The summed E-state index contributed by atoms with van der Waals surface area (Å²) in [6.07, 6.45) is 2.07. The molecular formula is C20H24N2O4S. The van der Waals surface area contributed by atoms with Crippen molar-refractivity contribution in [3.63, 3.8) is 0 Å². The Hall–Kier alpha value is -2.54. The standard InChI is InChI=1S/C20H24N2O4S/c1-15-14-16(20(23)22-12-4-5-13-22)6-11-19(15)21(2)27(24,25)18-9-7-17(26-3)8-10-18/h6-11,14H,4-5,12-13H2,1-3H3. The van der Waals surface area contributed by atoms with E-state index >= 15 is 0 Å². The van der Waals surface area contributed by atoms with Gasteiger partial charge < -0.3 is 9.64 Å². The first-order chi connectivity index (χ1) is 12.8. The van der Waals surface area contributed by atoms with Crippen LogP contribution < -0.4 is 9.04 Å². The molecule has 0 aliphatic carbocycles. The molecule has 27 heavy (non-hydrogen) atoms. The molecule has 0 radical (unpaired) electrons. The Bertz CT molecular complexity index is 933. The lowest BCUT2D eigenvalue weighted by Crippen LogP contribution is -2.29. The molecule has 144 valence electrons. The third-order valence-electron chi connectivity index (χ3n) is 4.89. The largest absolute Gasteiger partial charge is 0.497 e. The maximum atomic E-state index is 12.9. The van der Waals surface area contributed by atoms with E-state index in [2.05, 4.69) is 0 Å². The topological polar surface area (TPSA) is 66.9 Å². The minimum atomic E-state index is -3.71. The molecule has 7 heteroatoms. The molecule has 0 bridgehead atoms. The van der Waals surface area contributed by atoms with E-state index in [0.29, 0.717) is 17.0 Å². The van der Waals surface area contributed by atoms with E-state index < -0.39 is 10.0 Å². The summed E-state index contributed by atoms with van der Waals surface area (Å²) in [5.41, 5.74) is 1.87. The fourth-order valence-electron chi connectivity index (χ4n) is 3.28. The highest BCUT2D eigenvalue weighted by atomic mass is 32.2. The molecule has 2 aromatic rings. The first-order valence-corrected chi connectivity index (χ1v) is 10.3. The first kappa shape index (κ1) is 19.2. The Morgan fingerprint density at radius 3 is 2.26 bits per heavy atom. The first-order valence-electron chi connectivity index (χ1n) is 8.87. The van der Waals surface area contributed by atoms with Crippen LogP contribution in [0.25, 0.3) is 0 Å². The van der Waals surface area contributed by atoms with Crippen molar-refractivity contribution in [2.24, 2.45) is 0 Å². The van der Waals surface area contributed by atoms with Gasteiger partial charge in [-0.1, -0.05) is 0 Å². The zero-order valence-corrected chi connectivity index (χ0v) is 16.6. The Kier molecular flexibility index (Phi) is 5.41. The Labute approximate surface area is 160 Å². The summed E-state index contributed by atoms with van der Waals surface area (Å²) in [6, 6.07) is 11.4. The van der Waals surface area contributed by atoms with Gasteiger partial charge in [0.15, 0.2) is 0 Å². The number of aryl methyl sites for hydroxylation is 1. The molecule has 0 saturated carbocycles. The summed E-state index contributed by atoms with van der Waals surface area (Å²) < 4.78 is 32.2. The second kappa shape index (κ2) is 7.60. The lowest BCUT2D eigenvalue weighted by molar-refractivity contribution is 0.0792. The van der Waals surface area contributed by atoms with Gasteiger partial charge in [0.05, 0.1) is 17.7 Å². The molecule has 0 aromatic heterocycles. The maximum Gasteiger partial charge on any atom is 0.264 e. The number of rotatable bonds is 5. The lowest BCUT2D eigenvalue weighted by atomic mass is 10.1. The van der Waals surface area contributed by atoms with Gasteiger partial charge in [-0.05, 0) is 67.8 Å². The summed E-state index contributed by atoms with van der Waals surface area (Å²) >= 11 is 0. The van der Waals surface area contributed by atoms with Gasteiger partial charge in [-0.25, -0.2) is 8.42 Å². The van der Waals surface area contributed by atoms with Crippen molar-refractivity contribution in [1.82, 2.24) is 4.90 Å². The van der Waals surface area contributed by atoms with Crippen LogP contribution in [0.2, 0.25) is 0 Å². The summed E-state index contributed by atoms with van der Waals surface area (Å²) in [5, 5.41) is 0. The molecule has 2 aromatic carbocycles. The molecule has 1 aliphatic rings. The van der Waals surface area contributed by atoms with Gasteiger partial charge in [0.1, 0.15) is 5.75 Å². The molecule has 0 atom stereocenters. The number of hydrogen-bond donors (Lipinski definition) is 0. The van der Waals surface area contributed by atoms with Crippen molar-refractivity contribution < 1.29 is 17.9 Å². The van der Waals surface area contributed by atoms with Crippen molar-refractivity contribution in [2.45, 2.75) is 24.7 Å². The van der Waals surface area contributed by atoms with Crippen LogP contribution in [0.3, 0.4) is 0 Å². The minimum Gasteiger partial charge on any atom is -0.497 e. The van der Waals surface area contributed by atoms with Gasteiger partial charge >= 0.3 is 0 Å². The van der Waals surface area contributed by atoms with Crippen LogP contribution >= 0.6 is 0 Å². The van der Waals surface area contributed by atoms with Crippen molar-refractivity contribution >= 4 is 21.6 Å². The molecule has 1 amide bonds. The number of hydrogen-bond acceptors (Lipinski definition) is 4. The van der Waals surface area contributed by atoms with Crippen molar-refractivity contribution in [2.75, 3.05) is 31.6 Å². The normalized spacial score (nSPS) is 14.3. The van der Waals surface area contributed by atoms with E-state index in [4.69, 9.17) is 4.74 Å². The number of carbonyl (C=O) groups excluding carboxylic acids is 1. The van der Waals surface area contributed by atoms with Crippen molar-refractivity contribution in [1.29, 1.82) is 0 Å². The number of likely N-dealkylation sites (tertiary alicyclic amines) is 1. The summed E-state index contributed by atoms with van der Waals surface area (Å²) in [6.45, 7) is 3.38. The second-order valence-corrected chi connectivity index (χ2v) is 8.62. The average Bonchev–Trinajstić information content (AvgIpc) is 3.21. The van der Waals surface area contributed by atoms with Crippen LogP contribution in [0.5, 0.6) is 5.75 Å². The molecule has 0 unspecified atom stereocenters. The van der Waals surface area contributed by atoms with Gasteiger partial charge in [-0.15, -0.1) is 0 Å². The quantitative estimate of drug-likeness (QED) is 0.790. The number of amides is 1. The Balaban J connectivity index is 1.87. The maximum absolute atomic E-state index is 12.9. The van der Waals surface area contributed by atoms with Gasteiger partial charge in [0.25, 0.3) is 15.9 Å². The van der Waals surface area contributed by atoms with E-state index in [0.717, 1.165) is 31.5 Å². The number of methoxy groups -OCH3 is 1. The molecule has 3 rings (SSSR count). The third kappa shape index (κ3) is 3.78. The van der Waals surface area contributed by atoms with E-state index in [1.54, 1.807) is 30.3 Å². The van der Waals surface area contributed by atoms with E-state index in [1.807, 2.05) is 11.8 Å². The smallest absolute Gasteiger partial charge is 0.264 e. The average molecular weight is 388 g/mol. The van der Waals surface area contributed by atoms with Gasteiger partial charge in [-0.3, -0.25) is 9.10 Å². The van der Waals surface area contributed by atoms with Gasteiger partial charge in [0.2, 0.25) is 0 Å². The number of anilines is 1. The van der Waals surface area contributed by atoms with Crippen LogP contribution in [-0.4, -0.2) is 46.5 Å². The highest BCUT2D eigenvalue weighted by Crippen LogP contribution is 2.27. The monoisotopic (exact) mass is 388 g/mol. The van der Waals surface area contributed by atoms with Crippen LogP contribution in [-0.2, 0) is 10.0 Å². The molecule has 1 saturated heterocycles. The number of sulfonamides is 1. The number of ether oxygens (including phenoxy) is 1. The number of benzene rings is 2. The minimum absolute atomic E-state index is 0.00261. The summed E-state index contributed by atoms with van der Waals surface area (Å²) in [4.78, 5) is 14.6. The molecule has 1 aliphatic heterocycles. The SMILES string of the molecule is COc1ccc(S(=O)(=O)N(C)c2ccc(C(=O)N3CCCC3)cc2C)cc1. The van der Waals surface area contributed by atoms with Gasteiger partial charge in [0, 0.05) is 25.7 Å². The molecule has 0 N–H and O–H groups in total. The third-order valence-corrected chi connectivity index (χ3v) is 6.68. The van der Waals surface area contributed by atoms with Crippen LogP contribution in [0, 0.1) is 6.92 Å². The molecule has 0 spiro atoms. The van der Waals surface area contributed by atoms with Crippen LogP contribution in [0.1, 0.15) is 28.8 Å². The zero-order valence-electron chi connectivity index (χ0n) is 15.8. The predicted molar refractivity (Wildman–Crippen MR) is 105 cm³/mol. The zero-order chi connectivity index (χ0) is 19.6. The number of carbonyl (C=O) groups is 1. The second-order valence-electron chi connectivity index (χ2n) is 6.65.